The molecule has 0 aliphatic heterocycles. The number of methoxy groups -OCH3 is 2. The Hall–Kier alpha value is -2.00. The summed E-state index contributed by atoms with van der Waals surface area (Å²) in [6, 6.07) is 5.70. The summed E-state index contributed by atoms with van der Waals surface area (Å²) in [6.07, 6.45) is 0.665. The highest BCUT2D eigenvalue weighted by atomic mass is 32.2. The van der Waals surface area contributed by atoms with Crippen LogP contribution < -0.4 is 19.5 Å². The fourth-order valence-corrected chi connectivity index (χ4v) is 2.98. The average Bonchev–Trinajstić information content (AvgIpc) is 2.64. The second-order valence-corrected chi connectivity index (χ2v) is 7.75. The van der Waals surface area contributed by atoms with Crippen molar-refractivity contribution in [3.8, 4) is 11.5 Å². The lowest BCUT2D eigenvalue weighted by molar-refractivity contribution is 0.382. The van der Waals surface area contributed by atoms with Crippen LogP contribution in [0.1, 0.15) is 18.9 Å². The highest BCUT2D eigenvalue weighted by molar-refractivity contribution is 7.89. The Bertz CT molecular complexity index is 692. The Labute approximate surface area is 156 Å². The first kappa shape index (κ1) is 22.0. The Morgan fingerprint density at radius 1 is 1.23 bits per heavy atom. The first-order valence-electron chi connectivity index (χ1n) is 8.46. The van der Waals surface area contributed by atoms with Gasteiger partial charge >= 0.3 is 0 Å². The van der Waals surface area contributed by atoms with Crippen LogP contribution in [0.4, 0.5) is 0 Å². The molecule has 0 spiro atoms. The van der Waals surface area contributed by atoms with Gasteiger partial charge in [-0.3, -0.25) is 4.99 Å². The lowest BCUT2D eigenvalue weighted by atomic mass is 10.2. The van der Waals surface area contributed by atoms with Gasteiger partial charge in [-0.05, 0) is 25.5 Å². The Morgan fingerprint density at radius 2 is 1.96 bits per heavy atom. The third kappa shape index (κ3) is 7.09. The van der Waals surface area contributed by atoms with E-state index in [9.17, 15) is 8.42 Å². The molecule has 1 rings (SSSR count). The molecule has 0 saturated heterocycles. The molecule has 0 aromatic heterocycles. The minimum atomic E-state index is -3.14. The van der Waals surface area contributed by atoms with Crippen LogP contribution in [-0.4, -0.2) is 66.4 Å². The first-order chi connectivity index (χ1) is 12.4. The van der Waals surface area contributed by atoms with Gasteiger partial charge in [0, 0.05) is 45.4 Å². The maximum absolute atomic E-state index is 11.4. The van der Waals surface area contributed by atoms with Gasteiger partial charge < -0.3 is 19.7 Å². The SMILES string of the molecule is CCS(=O)(=O)NCCCNC(=NC)N(C)Cc1ccc(OC)cc1OC. The number of guanidine groups is 1. The zero-order chi connectivity index (χ0) is 19.6. The number of benzene rings is 1. The van der Waals surface area contributed by atoms with E-state index in [4.69, 9.17) is 9.47 Å². The summed E-state index contributed by atoms with van der Waals surface area (Å²) in [5, 5.41) is 3.23. The largest absolute Gasteiger partial charge is 0.497 e. The number of nitrogens with zero attached hydrogens (tertiary/aromatic N) is 2. The molecule has 148 valence electrons. The van der Waals surface area contributed by atoms with Gasteiger partial charge in [0.25, 0.3) is 0 Å². The van der Waals surface area contributed by atoms with E-state index in [1.54, 1.807) is 28.2 Å². The van der Waals surface area contributed by atoms with Gasteiger partial charge in [-0.25, -0.2) is 13.1 Å². The molecule has 1 aromatic rings. The monoisotopic (exact) mass is 386 g/mol. The van der Waals surface area contributed by atoms with Crippen LogP contribution in [-0.2, 0) is 16.6 Å². The minimum absolute atomic E-state index is 0.0918. The van der Waals surface area contributed by atoms with Crippen molar-refractivity contribution in [2.24, 2.45) is 4.99 Å². The summed E-state index contributed by atoms with van der Waals surface area (Å²) in [4.78, 5) is 6.24. The molecule has 0 saturated carbocycles. The molecule has 0 atom stereocenters. The summed E-state index contributed by atoms with van der Waals surface area (Å²) >= 11 is 0. The smallest absolute Gasteiger partial charge is 0.211 e. The van der Waals surface area contributed by atoms with Crippen molar-refractivity contribution in [3.63, 3.8) is 0 Å². The molecule has 0 radical (unpaired) electrons. The zero-order valence-corrected chi connectivity index (χ0v) is 17.0. The van der Waals surface area contributed by atoms with Gasteiger partial charge in [-0.1, -0.05) is 0 Å². The lowest BCUT2D eigenvalue weighted by Gasteiger charge is -2.23. The summed E-state index contributed by atoms with van der Waals surface area (Å²) in [5.41, 5.74) is 1.01. The van der Waals surface area contributed by atoms with Crippen molar-refractivity contribution >= 4 is 16.0 Å². The number of sulfonamides is 1. The van der Waals surface area contributed by atoms with Gasteiger partial charge in [0.1, 0.15) is 11.5 Å². The van der Waals surface area contributed by atoms with E-state index in [0.29, 0.717) is 26.1 Å². The fourth-order valence-electron chi connectivity index (χ4n) is 2.32. The van der Waals surface area contributed by atoms with Gasteiger partial charge in [0.05, 0.1) is 20.0 Å². The molecule has 0 aliphatic rings. The van der Waals surface area contributed by atoms with E-state index < -0.39 is 10.0 Å². The standard InChI is InChI=1S/C17H30N4O4S/c1-6-26(22,23)20-11-7-10-19-17(18-2)21(3)13-14-8-9-15(24-4)12-16(14)25-5/h8-9,12,20H,6-7,10-11,13H2,1-5H3,(H,18,19). The second-order valence-electron chi connectivity index (χ2n) is 5.66. The van der Waals surface area contributed by atoms with Crippen LogP contribution in [0.2, 0.25) is 0 Å². The molecular weight excluding hydrogens is 356 g/mol. The molecule has 8 nitrogen and oxygen atoms in total. The minimum Gasteiger partial charge on any atom is -0.497 e. The molecule has 0 unspecified atom stereocenters. The van der Waals surface area contributed by atoms with Crippen molar-refractivity contribution in [1.82, 2.24) is 14.9 Å². The normalized spacial score (nSPS) is 12.0. The summed E-state index contributed by atoms with van der Waals surface area (Å²) in [5.74, 6) is 2.31. The van der Waals surface area contributed by atoms with Gasteiger partial charge in [0.2, 0.25) is 10.0 Å². The van der Waals surface area contributed by atoms with E-state index in [0.717, 1.165) is 23.0 Å². The molecule has 9 heteroatoms. The van der Waals surface area contributed by atoms with Crippen LogP contribution in [0.3, 0.4) is 0 Å². The predicted octanol–water partition coefficient (Wildman–Crippen LogP) is 1.04. The Kier molecular flexibility index (Phi) is 9.22. The van der Waals surface area contributed by atoms with Gasteiger partial charge in [0.15, 0.2) is 5.96 Å². The highest BCUT2D eigenvalue weighted by Gasteiger charge is 2.11. The van der Waals surface area contributed by atoms with Crippen molar-refractivity contribution < 1.29 is 17.9 Å². The molecular formula is C17H30N4O4S. The van der Waals surface area contributed by atoms with Crippen LogP contribution in [0.15, 0.2) is 23.2 Å². The second kappa shape index (κ2) is 10.9. The molecule has 0 aliphatic carbocycles. The average molecular weight is 387 g/mol. The van der Waals surface area contributed by atoms with Crippen LogP contribution >= 0.6 is 0 Å². The fraction of sp³-hybridized carbons (Fsp3) is 0.588. The van der Waals surface area contributed by atoms with Crippen LogP contribution in [0, 0.1) is 0 Å². The summed E-state index contributed by atoms with van der Waals surface area (Å²) < 4.78 is 36.0. The number of nitrogens with one attached hydrogen (secondary N) is 2. The van der Waals surface area contributed by atoms with E-state index in [2.05, 4.69) is 15.0 Å². The summed E-state index contributed by atoms with van der Waals surface area (Å²) in [6.45, 7) is 3.24. The Morgan fingerprint density at radius 3 is 2.54 bits per heavy atom. The van der Waals surface area contributed by atoms with Crippen LogP contribution in [0.5, 0.6) is 11.5 Å². The molecule has 0 fully saturated rings. The maximum atomic E-state index is 11.4. The van der Waals surface area contributed by atoms with Gasteiger partial charge in [-0.2, -0.15) is 0 Å². The van der Waals surface area contributed by atoms with E-state index in [-0.39, 0.29) is 5.75 Å². The lowest BCUT2D eigenvalue weighted by Crippen LogP contribution is -2.39. The number of hydrogen-bond donors (Lipinski definition) is 2. The quantitative estimate of drug-likeness (QED) is 0.355. The molecule has 0 bridgehead atoms. The van der Waals surface area contributed by atoms with Gasteiger partial charge in [-0.15, -0.1) is 0 Å². The number of ether oxygens (including phenoxy) is 2. The van der Waals surface area contributed by atoms with Crippen LogP contribution in [0.25, 0.3) is 0 Å². The number of aliphatic imine (C=N–C) groups is 1. The predicted molar refractivity (Wildman–Crippen MR) is 104 cm³/mol. The van der Waals surface area contributed by atoms with Crippen molar-refractivity contribution in [2.75, 3.05) is 47.2 Å². The highest BCUT2D eigenvalue weighted by Crippen LogP contribution is 2.25. The Balaban J connectivity index is 2.55. The molecule has 0 amide bonds. The number of hydrogen-bond acceptors (Lipinski definition) is 5. The summed E-state index contributed by atoms with van der Waals surface area (Å²) in [7, 11) is 3.75. The first-order valence-corrected chi connectivity index (χ1v) is 10.1. The number of rotatable bonds is 10. The van der Waals surface area contributed by atoms with Crippen molar-refractivity contribution in [3.05, 3.63) is 23.8 Å². The topological polar surface area (TPSA) is 92.3 Å². The molecule has 1 aromatic carbocycles. The van der Waals surface area contributed by atoms with E-state index in [1.165, 1.54) is 0 Å². The van der Waals surface area contributed by atoms with Crippen molar-refractivity contribution in [2.45, 2.75) is 19.9 Å². The third-order valence-electron chi connectivity index (χ3n) is 3.81. The molecule has 2 N–H and O–H groups in total. The molecule has 26 heavy (non-hydrogen) atoms. The van der Waals surface area contributed by atoms with E-state index in [1.807, 2.05) is 30.1 Å². The maximum Gasteiger partial charge on any atom is 0.211 e. The third-order valence-corrected chi connectivity index (χ3v) is 5.22. The molecule has 0 heterocycles. The zero-order valence-electron chi connectivity index (χ0n) is 16.2. The van der Waals surface area contributed by atoms with Crippen molar-refractivity contribution in [1.29, 1.82) is 0 Å². The van der Waals surface area contributed by atoms with E-state index >= 15 is 0 Å².